The Morgan fingerprint density at radius 1 is 0.885 bits per heavy atom. The third kappa shape index (κ3) is 3.44. The van der Waals surface area contributed by atoms with Crippen LogP contribution in [-0.2, 0) is 6.54 Å². The lowest BCUT2D eigenvalue weighted by atomic mass is 10.1. The van der Waals surface area contributed by atoms with E-state index in [0.717, 1.165) is 33.5 Å². The number of hydrogen-bond donors (Lipinski definition) is 2. The van der Waals surface area contributed by atoms with E-state index in [1.165, 1.54) is 0 Å². The number of aryl methyl sites for hydroxylation is 1. The van der Waals surface area contributed by atoms with Crippen LogP contribution in [0.4, 0.5) is 17.6 Å². The largest absolute Gasteiger partial charge is 0.366 e. The zero-order valence-electron chi connectivity index (χ0n) is 14.3. The fraction of sp³-hybridized carbons (Fsp3) is 0.100. The van der Waals surface area contributed by atoms with Crippen LogP contribution in [0.3, 0.4) is 0 Å². The maximum atomic E-state index is 4.60. The second-order valence-electron chi connectivity index (χ2n) is 5.95. The topological polar surface area (TPSA) is 75.6 Å². The Labute approximate surface area is 151 Å². The standard InChI is InChI=1S/C20H18N6/c1-14-11-24-20(25-18(14)23-13-15-5-4-9-21-12-15)26-19-17-7-3-2-6-16(17)8-10-22-19/h2-12H,13H2,1H3,(H2,22,23,24,25,26). The van der Waals surface area contributed by atoms with Gasteiger partial charge in [-0.2, -0.15) is 4.98 Å². The van der Waals surface area contributed by atoms with E-state index in [1.807, 2.05) is 49.5 Å². The highest BCUT2D eigenvalue weighted by atomic mass is 15.2. The lowest BCUT2D eigenvalue weighted by Gasteiger charge is -2.11. The van der Waals surface area contributed by atoms with Crippen LogP contribution >= 0.6 is 0 Å². The summed E-state index contributed by atoms with van der Waals surface area (Å²) in [5, 5.41) is 8.72. The normalized spacial score (nSPS) is 10.7. The minimum atomic E-state index is 0.508. The molecule has 0 aliphatic carbocycles. The fourth-order valence-electron chi connectivity index (χ4n) is 2.69. The lowest BCUT2D eigenvalue weighted by molar-refractivity contribution is 1.05. The summed E-state index contributed by atoms with van der Waals surface area (Å²) in [6.45, 7) is 2.63. The Morgan fingerprint density at radius 3 is 2.69 bits per heavy atom. The van der Waals surface area contributed by atoms with Crippen LogP contribution in [0.15, 0.2) is 67.3 Å². The Kier molecular flexibility index (Phi) is 4.38. The van der Waals surface area contributed by atoms with Crippen molar-refractivity contribution in [1.82, 2.24) is 19.9 Å². The summed E-state index contributed by atoms with van der Waals surface area (Å²) in [6.07, 6.45) is 7.17. The van der Waals surface area contributed by atoms with Gasteiger partial charge < -0.3 is 10.6 Å². The van der Waals surface area contributed by atoms with Gasteiger partial charge in [-0.1, -0.05) is 30.3 Å². The Bertz CT molecular complexity index is 1030. The second-order valence-corrected chi connectivity index (χ2v) is 5.95. The molecule has 0 amide bonds. The molecule has 0 radical (unpaired) electrons. The number of nitrogens with one attached hydrogen (secondary N) is 2. The third-order valence-electron chi connectivity index (χ3n) is 4.06. The van der Waals surface area contributed by atoms with Gasteiger partial charge >= 0.3 is 0 Å². The molecule has 3 heterocycles. The van der Waals surface area contributed by atoms with E-state index in [9.17, 15) is 0 Å². The van der Waals surface area contributed by atoms with Crippen molar-refractivity contribution in [3.63, 3.8) is 0 Å². The molecule has 0 unspecified atom stereocenters. The second kappa shape index (κ2) is 7.14. The Hall–Kier alpha value is -3.54. The molecule has 0 aliphatic rings. The van der Waals surface area contributed by atoms with E-state index < -0.39 is 0 Å². The number of aromatic nitrogens is 4. The predicted octanol–water partition coefficient (Wildman–Crippen LogP) is 4.08. The van der Waals surface area contributed by atoms with Gasteiger partial charge in [-0.05, 0) is 30.0 Å². The number of benzene rings is 1. The highest BCUT2D eigenvalue weighted by Crippen LogP contribution is 2.23. The van der Waals surface area contributed by atoms with Crippen molar-refractivity contribution in [2.24, 2.45) is 0 Å². The molecule has 26 heavy (non-hydrogen) atoms. The molecule has 1 aromatic carbocycles. The number of anilines is 3. The van der Waals surface area contributed by atoms with Crippen molar-refractivity contribution in [3.8, 4) is 0 Å². The number of pyridine rings is 2. The minimum absolute atomic E-state index is 0.508. The average Bonchev–Trinajstić information content (AvgIpc) is 2.69. The molecule has 3 aromatic heterocycles. The fourth-order valence-corrected chi connectivity index (χ4v) is 2.69. The first-order valence-corrected chi connectivity index (χ1v) is 8.37. The third-order valence-corrected chi connectivity index (χ3v) is 4.06. The van der Waals surface area contributed by atoms with Crippen LogP contribution in [-0.4, -0.2) is 19.9 Å². The molecule has 0 spiro atoms. The van der Waals surface area contributed by atoms with E-state index in [1.54, 1.807) is 18.6 Å². The Balaban J connectivity index is 1.57. The monoisotopic (exact) mass is 342 g/mol. The molecule has 2 N–H and O–H groups in total. The van der Waals surface area contributed by atoms with Gasteiger partial charge in [0.1, 0.15) is 11.6 Å². The summed E-state index contributed by atoms with van der Waals surface area (Å²) in [7, 11) is 0. The molecule has 0 atom stereocenters. The van der Waals surface area contributed by atoms with E-state index in [2.05, 4.69) is 36.6 Å². The van der Waals surface area contributed by atoms with Crippen LogP contribution in [0.2, 0.25) is 0 Å². The lowest BCUT2D eigenvalue weighted by Crippen LogP contribution is -2.07. The first-order chi connectivity index (χ1) is 12.8. The zero-order valence-corrected chi connectivity index (χ0v) is 14.3. The molecule has 0 saturated carbocycles. The Morgan fingerprint density at radius 2 is 1.81 bits per heavy atom. The van der Waals surface area contributed by atoms with Gasteiger partial charge in [0, 0.05) is 42.3 Å². The van der Waals surface area contributed by atoms with Crippen LogP contribution < -0.4 is 10.6 Å². The minimum Gasteiger partial charge on any atom is -0.366 e. The zero-order chi connectivity index (χ0) is 17.8. The quantitative estimate of drug-likeness (QED) is 0.569. The van der Waals surface area contributed by atoms with Crippen LogP contribution in [0.25, 0.3) is 10.8 Å². The van der Waals surface area contributed by atoms with Gasteiger partial charge in [0.2, 0.25) is 5.95 Å². The average molecular weight is 342 g/mol. The predicted molar refractivity (Wildman–Crippen MR) is 103 cm³/mol. The van der Waals surface area contributed by atoms with Crippen molar-refractivity contribution < 1.29 is 0 Å². The van der Waals surface area contributed by atoms with Crippen LogP contribution in [0.5, 0.6) is 0 Å². The van der Waals surface area contributed by atoms with Crippen LogP contribution in [0.1, 0.15) is 11.1 Å². The van der Waals surface area contributed by atoms with Gasteiger partial charge in [-0.25, -0.2) is 9.97 Å². The van der Waals surface area contributed by atoms with Crippen LogP contribution in [0, 0.1) is 6.92 Å². The van der Waals surface area contributed by atoms with Crippen molar-refractivity contribution in [3.05, 3.63) is 78.4 Å². The molecule has 0 saturated heterocycles. The number of fused-ring (bicyclic) bond motifs is 1. The molecule has 4 aromatic rings. The van der Waals surface area contributed by atoms with E-state index in [-0.39, 0.29) is 0 Å². The van der Waals surface area contributed by atoms with Gasteiger partial charge in [0.25, 0.3) is 0 Å². The summed E-state index contributed by atoms with van der Waals surface area (Å²) >= 11 is 0. The summed E-state index contributed by atoms with van der Waals surface area (Å²) in [4.78, 5) is 17.5. The van der Waals surface area contributed by atoms with E-state index in [0.29, 0.717) is 12.5 Å². The number of rotatable bonds is 5. The molecule has 0 bridgehead atoms. The van der Waals surface area contributed by atoms with Crippen molar-refractivity contribution in [1.29, 1.82) is 0 Å². The highest BCUT2D eigenvalue weighted by molar-refractivity contribution is 5.92. The molecule has 6 heteroatoms. The van der Waals surface area contributed by atoms with Crippen molar-refractivity contribution >= 4 is 28.4 Å². The summed E-state index contributed by atoms with van der Waals surface area (Å²) in [6, 6.07) is 14.0. The molecule has 4 rings (SSSR count). The summed E-state index contributed by atoms with van der Waals surface area (Å²) in [5.74, 6) is 2.03. The first-order valence-electron chi connectivity index (χ1n) is 8.37. The van der Waals surface area contributed by atoms with Crippen molar-refractivity contribution in [2.75, 3.05) is 10.6 Å². The summed E-state index contributed by atoms with van der Waals surface area (Å²) < 4.78 is 0. The molecule has 128 valence electrons. The number of hydrogen-bond acceptors (Lipinski definition) is 6. The maximum absolute atomic E-state index is 4.60. The molecule has 0 fully saturated rings. The first kappa shape index (κ1) is 16.0. The number of nitrogens with zero attached hydrogens (tertiary/aromatic N) is 4. The van der Waals surface area contributed by atoms with Gasteiger partial charge in [-0.15, -0.1) is 0 Å². The maximum Gasteiger partial charge on any atom is 0.230 e. The van der Waals surface area contributed by atoms with Crippen molar-refractivity contribution in [2.45, 2.75) is 13.5 Å². The SMILES string of the molecule is Cc1cnc(Nc2nccc3ccccc23)nc1NCc1cccnc1. The molecular weight excluding hydrogens is 324 g/mol. The summed E-state index contributed by atoms with van der Waals surface area (Å²) in [5.41, 5.74) is 2.07. The molecule has 0 aliphatic heterocycles. The smallest absolute Gasteiger partial charge is 0.230 e. The van der Waals surface area contributed by atoms with Gasteiger partial charge in [0.15, 0.2) is 0 Å². The highest BCUT2D eigenvalue weighted by Gasteiger charge is 2.07. The van der Waals surface area contributed by atoms with Gasteiger partial charge in [-0.3, -0.25) is 4.98 Å². The van der Waals surface area contributed by atoms with E-state index in [4.69, 9.17) is 0 Å². The molecule has 6 nitrogen and oxygen atoms in total. The molecular formula is C20H18N6. The van der Waals surface area contributed by atoms with E-state index >= 15 is 0 Å². The van der Waals surface area contributed by atoms with Gasteiger partial charge in [0.05, 0.1) is 0 Å².